The monoisotopic (exact) mass is 349 g/mol. The van der Waals surface area contributed by atoms with Crippen LogP contribution in [0.1, 0.15) is 26.2 Å². The first-order valence-corrected chi connectivity index (χ1v) is 8.38. The van der Waals surface area contributed by atoms with Gasteiger partial charge in [0.05, 0.1) is 10.3 Å². The normalized spacial score (nSPS) is 20.0. The minimum Gasteiger partial charge on any atom is -0.350 e. The Hall–Kier alpha value is -0.460. The Kier molecular flexibility index (Phi) is 6.64. The molecule has 0 bridgehead atoms. The van der Waals surface area contributed by atoms with Crippen LogP contribution < -0.4 is 5.48 Å². The summed E-state index contributed by atoms with van der Waals surface area (Å²) in [4.78, 5) is 18.0. The summed E-state index contributed by atoms with van der Waals surface area (Å²) < 4.78 is 5.38. The molecule has 21 heavy (non-hydrogen) atoms. The number of thioether (sulfide) groups is 1. The van der Waals surface area contributed by atoms with E-state index in [2.05, 4.69) is 5.48 Å². The van der Waals surface area contributed by atoms with Crippen molar-refractivity contribution in [3.8, 4) is 0 Å². The number of hydrogen-bond donors (Lipinski definition) is 1. The van der Waals surface area contributed by atoms with Gasteiger partial charge < -0.3 is 4.74 Å². The molecule has 1 fully saturated rings. The van der Waals surface area contributed by atoms with Crippen LogP contribution in [0.4, 0.5) is 0 Å². The molecule has 2 rings (SSSR count). The number of halogens is 2. The highest BCUT2D eigenvalue weighted by Gasteiger charge is 2.20. The molecule has 1 aliphatic heterocycles. The van der Waals surface area contributed by atoms with Gasteiger partial charge in [-0.05, 0) is 38.0 Å². The first-order valence-electron chi connectivity index (χ1n) is 6.75. The minimum absolute atomic E-state index is 0.231. The fourth-order valence-corrected chi connectivity index (χ4v) is 3.22. The molecule has 0 saturated carbocycles. The number of ether oxygens (including phenoxy) is 1. The van der Waals surface area contributed by atoms with E-state index in [4.69, 9.17) is 32.8 Å². The van der Waals surface area contributed by atoms with Gasteiger partial charge in [0.1, 0.15) is 0 Å². The fraction of sp³-hybridized carbons (Fsp3) is 0.500. The maximum atomic E-state index is 12.0. The lowest BCUT2D eigenvalue weighted by molar-refractivity contribution is -0.200. The van der Waals surface area contributed by atoms with Crippen LogP contribution in [0.5, 0.6) is 0 Å². The number of carbonyl (C=O) groups is 1. The molecule has 1 amide bonds. The fourth-order valence-electron chi connectivity index (χ4n) is 1.82. The third-order valence-electron chi connectivity index (χ3n) is 3.00. The molecule has 1 saturated heterocycles. The summed E-state index contributed by atoms with van der Waals surface area (Å²) in [5, 5.41) is 0.798. The molecule has 0 radical (unpaired) electrons. The van der Waals surface area contributed by atoms with E-state index in [-0.39, 0.29) is 17.4 Å². The molecule has 4 nitrogen and oxygen atoms in total. The molecule has 0 aromatic heterocycles. The summed E-state index contributed by atoms with van der Waals surface area (Å²) in [5.41, 5.74) is 2.45. The lowest BCUT2D eigenvalue weighted by Crippen LogP contribution is -2.36. The Morgan fingerprint density at radius 3 is 3.00 bits per heavy atom. The average molecular weight is 350 g/mol. The summed E-state index contributed by atoms with van der Waals surface area (Å²) in [6, 6.07) is 5.16. The largest absolute Gasteiger partial charge is 0.350 e. The number of hydrogen-bond acceptors (Lipinski definition) is 4. The summed E-state index contributed by atoms with van der Waals surface area (Å²) in [6.45, 7) is 2.45. The first kappa shape index (κ1) is 16.9. The minimum atomic E-state index is -0.357. The zero-order valence-corrected chi connectivity index (χ0v) is 13.9. The Morgan fingerprint density at radius 1 is 1.48 bits per heavy atom. The molecule has 1 N–H and O–H groups in total. The third kappa shape index (κ3) is 5.34. The summed E-state index contributed by atoms with van der Waals surface area (Å²) in [5.74, 6) is -0.231. The lowest BCUT2D eigenvalue weighted by Gasteiger charge is -2.23. The Bertz CT molecular complexity index is 495. The highest BCUT2D eigenvalue weighted by Crippen LogP contribution is 2.32. The molecule has 0 spiro atoms. The topological polar surface area (TPSA) is 47.6 Å². The van der Waals surface area contributed by atoms with Gasteiger partial charge in [-0.3, -0.25) is 4.79 Å². The van der Waals surface area contributed by atoms with E-state index in [1.165, 1.54) is 11.8 Å². The van der Waals surface area contributed by atoms with Crippen LogP contribution in [0.25, 0.3) is 0 Å². The van der Waals surface area contributed by atoms with Crippen molar-refractivity contribution in [1.29, 1.82) is 0 Å². The second kappa shape index (κ2) is 8.25. The Balaban J connectivity index is 1.82. The van der Waals surface area contributed by atoms with Gasteiger partial charge in [-0.2, -0.15) is 0 Å². The number of amides is 1. The van der Waals surface area contributed by atoms with Gasteiger partial charge in [-0.25, -0.2) is 10.3 Å². The summed E-state index contributed by atoms with van der Waals surface area (Å²) in [7, 11) is 0. The quantitative estimate of drug-likeness (QED) is 0.643. The molecule has 116 valence electrons. The highest BCUT2D eigenvalue weighted by atomic mass is 35.5. The lowest BCUT2D eigenvalue weighted by atomic mass is 10.2. The van der Waals surface area contributed by atoms with Gasteiger partial charge in [0.15, 0.2) is 6.29 Å². The number of benzene rings is 1. The van der Waals surface area contributed by atoms with E-state index in [0.29, 0.717) is 16.7 Å². The molecule has 1 aromatic carbocycles. The maximum absolute atomic E-state index is 12.0. The van der Waals surface area contributed by atoms with Crippen LogP contribution in [0, 0.1) is 0 Å². The van der Waals surface area contributed by atoms with Crippen molar-refractivity contribution >= 4 is 40.9 Å². The standard InChI is InChI=1S/C14H17Cl2NO3S/c1-9(21-12-8-10(15)5-6-11(12)16)14(18)17-20-13-4-2-3-7-19-13/h5-6,8-9,13H,2-4,7H2,1H3,(H,17,18). The predicted molar refractivity (Wildman–Crippen MR) is 84.6 cm³/mol. The van der Waals surface area contributed by atoms with Crippen LogP contribution in [-0.2, 0) is 14.4 Å². The molecular weight excluding hydrogens is 333 g/mol. The van der Waals surface area contributed by atoms with Crippen molar-refractivity contribution in [2.24, 2.45) is 0 Å². The van der Waals surface area contributed by atoms with Gasteiger partial charge in [0, 0.05) is 22.9 Å². The second-order valence-electron chi connectivity index (χ2n) is 4.72. The maximum Gasteiger partial charge on any atom is 0.256 e. The van der Waals surface area contributed by atoms with Crippen molar-refractivity contribution in [2.45, 2.75) is 42.6 Å². The van der Waals surface area contributed by atoms with Gasteiger partial charge >= 0.3 is 0 Å². The summed E-state index contributed by atoms with van der Waals surface area (Å²) >= 11 is 13.3. The SMILES string of the molecule is CC(Sc1cc(Cl)ccc1Cl)C(=O)NOC1CCCCO1. The van der Waals surface area contributed by atoms with Gasteiger partial charge in [0.25, 0.3) is 5.91 Å². The third-order valence-corrected chi connectivity index (χ3v) is 4.83. The van der Waals surface area contributed by atoms with Gasteiger partial charge in [-0.15, -0.1) is 11.8 Å². The molecular formula is C14H17Cl2NO3S. The molecule has 0 aliphatic carbocycles. The van der Waals surface area contributed by atoms with Crippen LogP contribution >= 0.6 is 35.0 Å². The van der Waals surface area contributed by atoms with Crippen LogP contribution in [0.3, 0.4) is 0 Å². The van der Waals surface area contributed by atoms with Crippen molar-refractivity contribution in [3.63, 3.8) is 0 Å². The van der Waals surface area contributed by atoms with Crippen LogP contribution in [0.15, 0.2) is 23.1 Å². The van der Waals surface area contributed by atoms with Crippen molar-refractivity contribution in [1.82, 2.24) is 5.48 Å². The number of rotatable bonds is 5. The van der Waals surface area contributed by atoms with E-state index in [0.717, 1.165) is 24.2 Å². The molecule has 7 heteroatoms. The zero-order valence-electron chi connectivity index (χ0n) is 11.6. The van der Waals surface area contributed by atoms with Crippen molar-refractivity contribution in [2.75, 3.05) is 6.61 Å². The van der Waals surface area contributed by atoms with Crippen molar-refractivity contribution < 1.29 is 14.4 Å². The van der Waals surface area contributed by atoms with E-state index >= 15 is 0 Å². The first-order chi connectivity index (χ1) is 10.1. The summed E-state index contributed by atoms with van der Waals surface area (Å²) in [6.07, 6.45) is 2.52. The van der Waals surface area contributed by atoms with Gasteiger partial charge in [0.2, 0.25) is 0 Å². The smallest absolute Gasteiger partial charge is 0.256 e. The van der Waals surface area contributed by atoms with Crippen molar-refractivity contribution in [3.05, 3.63) is 28.2 Å². The van der Waals surface area contributed by atoms with E-state index in [1.807, 2.05) is 0 Å². The van der Waals surface area contributed by atoms with Gasteiger partial charge in [-0.1, -0.05) is 23.2 Å². The molecule has 2 unspecified atom stereocenters. The van der Waals surface area contributed by atoms with Crippen LogP contribution in [0.2, 0.25) is 10.0 Å². The van der Waals surface area contributed by atoms with E-state index in [9.17, 15) is 4.79 Å². The zero-order chi connectivity index (χ0) is 15.2. The highest BCUT2D eigenvalue weighted by molar-refractivity contribution is 8.00. The second-order valence-corrected chi connectivity index (χ2v) is 6.94. The molecule has 1 heterocycles. The van der Waals surface area contributed by atoms with E-state index in [1.54, 1.807) is 25.1 Å². The number of hydroxylamine groups is 1. The predicted octanol–water partition coefficient (Wildman–Crippen LogP) is 4.05. The Morgan fingerprint density at radius 2 is 2.29 bits per heavy atom. The number of nitrogens with one attached hydrogen (secondary N) is 1. The number of carbonyl (C=O) groups excluding carboxylic acids is 1. The molecule has 1 aliphatic rings. The van der Waals surface area contributed by atoms with E-state index < -0.39 is 0 Å². The molecule has 2 atom stereocenters. The molecule has 1 aromatic rings. The Labute approximate surface area is 138 Å². The average Bonchev–Trinajstić information content (AvgIpc) is 2.49. The van der Waals surface area contributed by atoms with Crippen LogP contribution in [-0.4, -0.2) is 24.1 Å².